The predicted octanol–water partition coefficient (Wildman–Crippen LogP) is 3.15. The molecule has 1 aliphatic rings. The SMILES string of the molecule is Cc1cc(CNC2CCCC2C#N)sc1C. The summed E-state index contributed by atoms with van der Waals surface area (Å²) in [5, 5.41) is 12.5. The van der Waals surface area contributed by atoms with Crippen LogP contribution in [0.5, 0.6) is 0 Å². The summed E-state index contributed by atoms with van der Waals surface area (Å²) < 4.78 is 0. The Kier molecular flexibility index (Phi) is 3.63. The molecule has 0 bridgehead atoms. The minimum atomic E-state index is 0.224. The Morgan fingerprint density at radius 3 is 2.94 bits per heavy atom. The van der Waals surface area contributed by atoms with Gasteiger partial charge in [-0.1, -0.05) is 6.42 Å². The molecule has 1 aliphatic carbocycles. The van der Waals surface area contributed by atoms with Gasteiger partial charge in [0.25, 0.3) is 0 Å². The van der Waals surface area contributed by atoms with Crippen LogP contribution in [0.25, 0.3) is 0 Å². The molecule has 0 aromatic carbocycles. The Balaban J connectivity index is 1.90. The lowest BCUT2D eigenvalue weighted by molar-refractivity contribution is 0.466. The summed E-state index contributed by atoms with van der Waals surface area (Å²) in [5.74, 6) is 0.224. The van der Waals surface area contributed by atoms with Crippen molar-refractivity contribution < 1.29 is 0 Å². The van der Waals surface area contributed by atoms with Crippen LogP contribution in [0, 0.1) is 31.1 Å². The van der Waals surface area contributed by atoms with Gasteiger partial charge in [0.15, 0.2) is 0 Å². The summed E-state index contributed by atoms with van der Waals surface area (Å²) in [6.45, 7) is 5.24. The van der Waals surface area contributed by atoms with Crippen molar-refractivity contribution in [2.75, 3.05) is 0 Å². The van der Waals surface area contributed by atoms with Crippen LogP contribution in [-0.2, 0) is 6.54 Å². The molecule has 2 unspecified atom stereocenters. The maximum Gasteiger partial charge on any atom is 0.0672 e. The second-order valence-corrected chi connectivity index (χ2v) is 5.95. The van der Waals surface area contributed by atoms with Crippen molar-refractivity contribution in [3.8, 4) is 6.07 Å². The van der Waals surface area contributed by atoms with Crippen LogP contribution >= 0.6 is 11.3 Å². The van der Waals surface area contributed by atoms with Gasteiger partial charge in [-0.2, -0.15) is 5.26 Å². The van der Waals surface area contributed by atoms with Gasteiger partial charge >= 0.3 is 0 Å². The summed E-state index contributed by atoms with van der Waals surface area (Å²) in [4.78, 5) is 2.79. The standard InChI is InChI=1S/C13H18N2S/c1-9-6-12(16-10(9)2)8-15-13-5-3-4-11(13)7-14/h6,11,13,15H,3-5,8H2,1-2H3. The van der Waals surface area contributed by atoms with E-state index in [-0.39, 0.29) is 5.92 Å². The Morgan fingerprint density at radius 2 is 2.31 bits per heavy atom. The minimum absolute atomic E-state index is 0.224. The van der Waals surface area contributed by atoms with Crippen molar-refractivity contribution in [1.82, 2.24) is 5.32 Å². The van der Waals surface area contributed by atoms with Gasteiger partial charge in [-0.3, -0.25) is 0 Å². The van der Waals surface area contributed by atoms with Gasteiger partial charge < -0.3 is 5.32 Å². The van der Waals surface area contributed by atoms with E-state index in [1.165, 1.54) is 21.7 Å². The highest BCUT2D eigenvalue weighted by atomic mass is 32.1. The van der Waals surface area contributed by atoms with Gasteiger partial charge in [0.1, 0.15) is 0 Å². The molecule has 0 spiro atoms. The zero-order valence-corrected chi connectivity index (χ0v) is 10.7. The summed E-state index contributed by atoms with van der Waals surface area (Å²) in [7, 11) is 0. The first-order chi connectivity index (χ1) is 7.70. The van der Waals surface area contributed by atoms with Gasteiger partial charge in [-0.25, -0.2) is 0 Å². The van der Waals surface area contributed by atoms with Crippen LogP contribution in [0.15, 0.2) is 6.07 Å². The molecule has 1 saturated carbocycles. The summed E-state index contributed by atoms with van der Waals surface area (Å²) in [6.07, 6.45) is 3.41. The van der Waals surface area contributed by atoms with E-state index >= 15 is 0 Å². The third-order valence-electron chi connectivity index (χ3n) is 3.44. The van der Waals surface area contributed by atoms with Gasteiger partial charge in [0.2, 0.25) is 0 Å². The lowest BCUT2D eigenvalue weighted by Crippen LogP contribution is -2.30. The largest absolute Gasteiger partial charge is 0.308 e. The predicted molar refractivity (Wildman–Crippen MR) is 67.4 cm³/mol. The highest BCUT2D eigenvalue weighted by molar-refractivity contribution is 7.12. The third kappa shape index (κ3) is 2.45. The number of hydrogen-bond acceptors (Lipinski definition) is 3. The van der Waals surface area contributed by atoms with E-state index in [0.717, 1.165) is 19.4 Å². The van der Waals surface area contributed by atoms with Crippen LogP contribution in [-0.4, -0.2) is 6.04 Å². The highest BCUT2D eigenvalue weighted by Gasteiger charge is 2.26. The van der Waals surface area contributed by atoms with Gasteiger partial charge in [0.05, 0.1) is 12.0 Å². The maximum absolute atomic E-state index is 8.99. The van der Waals surface area contributed by atoms with Crippen LogP contribution in [0.2, 0.25) is 0 Å². The Morgan fingerprint density at radius 1 is 1.50 bits per heavy atom. The molecule has 1 aromatic rings. The zero-order valence-electron chi connectivity index (χ0n) is 9.92. The Hall–Kier alpha value is -0.850. The average molecular weight is 234 g/mol. The fourth-order valence-corrected chi connectivity index (χ4v) is 3.33. The van der Waals surface area contributed by atoms with Crippen LogP contribution < -0.4 is 5.32 Å². The fourth-order valence-electron chi connectivity index (χ4n) is 2.33. The van der Waals surface area contributed by atoms with Gasteiger partial charge in [-0.05, 0) is 38.3 Å². The highest BCUT2D eigenvalue weighted by Crippen LogP contribution is 2.26. The van der Waals surface area contributed by atoms with E-state index in [0.29, 0.717) is 6.04 Å². The van der Waals surface area contributed by atoms with E-state index in [1.54, 1.807) is 0 Å². The molecule has 1 aromatic heterocycles. The lowest BCUT2D eigenvalue weighted by Gasteiger charge is -2.14. The molecule has 0 radical (unpaired) electrons. The van der Waals surface area contributed by atoms with Crippen LogP contribution in [0.4, 0.5) is 0 Å². The summed E-state index contributed by atoms with van der Waals surface area (Å²) in [6, 6.07) is 5.07. The van der Waals surface area contributed by atoms with Gasteiger partial charge in [0, 0.05) is 22.3 Å². The summed E-state index contributed by atoms with van der Waals surface area (Å²) >= 11 is 1.86. The smallest absolute Gasteiger partial charge is 0.0672 e. The van der Waals surface area contributed by atoms with E-state index in [4.69, 9.17) is 5.26 Å². The second kappa shape index (κ2) is 4.99. The molecule has 0 aliphatic heterocycles. The first-order valence-electron chi connectivity index (χ1n) is 5.89. The second-order valence-electron chi connectivity index (χ2n) is 4.61. The number of nitrogens with one attached hydrogen (secondary N) is 1. The topological polar surface area (TPSA) is 35.8 Å². The van der Waals surface area contributed by atoms with E-state index < -0.39 is 0 Å². The molecule has 3 heteroatoms. The van der Waals surface area contributed by atoms with Crippen molar-refractivity contribution >= 4 is 11.3 Å². The normalized spacial score (nSPS) is 24.6. The molecule has 2 atom stereocenters. The zero-order chi connectivity index (χ0) is 11.5. The third-order valence-corrected chi connectivity index (χ3v) is 4.59. The first-order valence-corrected chi connectivity index (χ1v) is 6.71. The quantitative estimate of drug-likeness (QED) is 0.872. The molecular formula is C13H18N2S. The van der Waals surface area contributed by atoms with E-state index in [9.17, 15) is 0 Å². The molecule has 0 saturated heterocycles. The molecule has 2 rings (SSSR count). The number of thiophene rings is 1. The van der Waals surface area contributed by atoms with Crippen molar-refractivity contribution in [3.05, 3.63) is 21.4 Å². The maximum atomic E-state index is 8.99. The number of aryl methyl sites for hydroxylation is 2. The number of nitrogens with zero attached hydrogens (tertiary/aromatic N) is 1. The molecule has 2 nitrogen and oxygen atoms in total. The number of rotatable bonds is 3. The van der Waals surface area contributed by atoms with Crippen molar-refractivity contribution in [2.24, 2.45) is 5.92 Å². The monoisotopic (exact) mass is 234 g/mol. The molecule has 1 fully saturated rings. The minimum Gasteiger partial charge on any atom is -0.308 e. The van der Waals surface area contributed by atoms with E-state index in [2.05, 4.69) is 31.3 Å². The van der Waals surface area contributed by atoms with Crippen LogP contribution in [0.3, 0.4) is 0 Å². The number of hydrogen-bond donors (Lipinski definition) is 1. The lowest BCUT2D eigenvalue weighted by atomic mass is 10.1. The number of nitriles is 1. The molecule has 86 valence electrons. The molecule has 1 N–H and O–H groups in total. The first kappa shape index (κ1) is 11.6. The van der Waals surface area contributed by atoms with Crippen LogP contribution in [0.1, 0.15) is 34.6 Å². The molecule has 1 heterocycles. The molecule has 0 amide bonds. The van der Waals surface area contributed by atoms with Crippen molar-refractivity contribution in [2.45, 2.75) is 45.7 Å². The van der Waals surface area contributed by atoms with E-state index in [1.807, 2.05) is 11.3 Å². The average Bonchev–Trinajstić information content (AvgIpc) is 2.83. The molecule has 16 heavy (non-hydrogen) atoms. The van der Waals surface area contributed by atoms with Crippen molar-refractivity contribution in [3.63, 3.8) is 0 Å². The Bertz CT molecular complexity index is 383. The molecular weight excluding hydrogens is 216 g/mol. The fraction of sp³-hybridized carbons (Fsp3) is 0.615. The van der Waals surface area contributed by atoms with Crippen molar-refractivity contribution in [1.29, 1.82) is 5.26 Å². The summed E-state index contributed by atoms with van der Waals surface area (Å²) in [5.41, 5.74) is 1.38. The van der Waals surface area contributed by atoms with Gasteiger partial charge in [-0.15, -0.1) is 11.3 Å². The Labute approximate surface area is 101 Å².